The van der Waals surface area contributed by atoms with Crippen LogP contribution in [0.5, 0.6) is 0 Å². The second kappa shape index (κ2) is 13.7. The van der Waals surface area contributed by atoms with Crippen molar-refractivity contribution in [1.82, 2.24) is 0 Å². The zero-order valence-electron chi connectivity index (χ0n) is 32.1. The zero-order chi connectivity index (χ0) is 35.3. The van der Waals surface area contributed by atoms with Crippen molar-refractivity contribution in [1.29, 1.82) is 0 Å². The average molecular weight is 649 g/mol. The van der Waals surface area contributed by atoms with Gasteiger partial charge in [-0.3, -0.25) is 0 Å². The van der Waals surface area contributed by atoms with Gasteiger partial charge in [-0.25, -0.2) is 0 Å². The molecule has 49 heavy (non-hydrogen) atoms. The van der Waals surface area contributed by atoms with Crippen molar-refractivity contribution < 1.29 is 0 Å². The minimum absolute atomic E-state index is 0.0678. The third kappa shape index (κ3) is 6.31. The summed E-state index contributed by atoms with van der Waals surface area (Å²) >= 11 is 0. The van der Waals surface area contributed by atoms with E-state index >= 15 is 0 Å². The molecule has 0 amide bonds. The van der Waals surface area contributed by atoms with Crippen molar-refractivity contribution in [3.8, 4) is 0 Å². The zero-order valence-corrected chi connectivity index (χ0v) is 32.1. The molecule has 0 spiro atoms. The van der Waals surface area contributed by atoms with Crippen LogP contribution in [0.25, 0.3) is 10.8 Å². The fraction of sp³-hybridized carbons (Fsp3) is 0.391. The fourth-order valence-corrected chi connectivity index (χ4v) is 7.79. The Morgan fingerprint density at radius 3 is 1.12 bits per heavy atom. The van der Waals surface area contributed by atoms with Crippen LogP contribution in [0.3, 0.4) is 0 Å². The highest BCUT2D eigenvalue weighted by Gasteiger charge is 2.46. The summed E-state index contributed by atoms with van der Waals surface area (Å²) < 4.78 is 0. The Labute approximate surface area is 297 Å². The third-order valence-corrected chi connectivity index (χ3v) is 10.6. The van der Waals surface area contributed by atoms with Crippen molar-refractivity contribution >= 4 is 46.0 Å². The average Bonchev–Trinajstić information content (AvgIpc) is 3.40. The van der Waals surface area contributed by atoms with Crippen LogP contribution in [0.4, 0.5) is 22.7 Å². The molecule has 0 atom stereocenters. The van der Waals surface area contributed by atoms with Gasteiger partial charge in [0, 0.05) is 11.4 Å². The lowest BCUT2D eigenvalue weighted by molar-refractivity contribution is 0.804. The molecule has 0 saturated heterocycles. The molecule has 6 rings (SSSR count). The van der Waals surface area contributed by atoms with E-state index in [0.717, 1.165) is 0 Å². The molecular weight excluding hydrogens is 591 g/mol. The maximum atomic E-state index is 2.72. The monoisotopic (exact) mass is 648 g/mol. The summed E-state index contributed by atoms with van der Waals surface area (Å²) in [6.07, 6.45) is 0. The number of fused-ring (bicyclic) bond motifs is 2. The number of rotatable bonds is 9. The fourth-order valence-electron chi connectivity index (χ4n) is 7.79. The first-order valence-electron chi connectivity index (χ1n) is 18.8. The molecule has 1 aliphatic rings. The van der Waals surface area contributed by atoms with E-state index in [9.17, 15) is 0 Å². The summed E-state index contributed by atoms with van der Waals surface area (Å²) in [5.74, 6) is 2.40. The standard InChI is InChI=1S/C46H57BN2/c1-28(2)36-24-39(30(5)6)45(40(25-36)31(7)8)48-43-19-15-16-20-44(43)49(47(48)38-22-21-34-17-13-14-18-35(34)23-38)46-41(32(9)10)26-37(29(3)4)27-42(46)33(11)12/h13-33H,1-12H3. The summed E-state index contributed by atoms with van der Waals surface area (Å²) in [5, 5.41) is 2.56. The first kappa shape index (κ1) is 34.9. The third-order valence-electron chi connectivity index (χ3n) is 10.6. The largest absolute Gasteiger partial charge is 0.420 e. The van der Waals surface area contributed by atoms with E-state index in [1.54, 1.807) is 0 Å². The molecular formula is C46H57BN2. The molecule has 254 valence electrons. The Morgan fingerprint density at radius 1 is 0.388 bits per heavy atom. The molecule has 0 fully saturated rings. The van der Waals surface area contributed by atoms with Crippen LogP contribution < -0.4 is 15.1 Å². The second-order valence-electron chi connectivity index (χ2n) is 16.2. The predicted octanol–water partition coefficient (Wildman–Crippen LogP) is 13.3. The molecule has 0 bridgehead atoms. The van der Waals surface area contributed by atoms with E-state index in [1.165, 1.54) is 72.4 Å². The van der Waals surface area contributed by atoms with Gasteiger partial charge in [0.1, 0.15) is 0 Å². The molecule has 2 nitrogen and oxygen atoms in total. The second-order valence-corrected chi connectivity index (χ2v) is 16.2. The molecule has 1 aliphatic heterocycles. The van der Waals surface area contributed by atoms with Gasteiger partial charge in [0.15, 0.2) is 0 Å². The number of hydrogen-bond donors (Lipinski definition) is 0. The summed E-state index contributed by atoms with van der Waals surface area (Å²) in [5.41, 5.74) is 15.2. The molecule has 0 N–H and O–H groups in total. The number of para-hydroxylation sites is 2. The van der Waals surface area contributed by atoms with Gasteiger partial charge >= 0.3 is 6.98 Å². The van der Waals surface area contributed by atoms with Crippen LogP contribution in [-0.4, -0.2) is 6.98 Å². The molecule has 0 aliphatic carbocycles. The smallest absolute Gasteiger partial charge is 0.359 e. The molecule has 0 unspecified atom stereocenters. The van der Waals surface area contributed by atoms with E-state index in [1.807, 2.05) is 0 Å². The van der Waals surface area contributed by atoms with Crippen molar-refractivity contribution in [2.45, 2.75) is 119 Å². The molecule has 0 radical (unpaired) electrons. The normalized spacial score (nSPS) is 13.5. The highest BCUT2D eigenvalue weighted by molar-refractivity contribution is 6.84. The van der Waals surface area contributed by atoms with Gasteiger partial charge in [-0.1, -0.05) is 162 Å². The summed E-state index contributed by atoms with van der Waals surface area (Å²) in [4.78, 5) is 5.44. The molecule has 3 heteroatoms. The maximum absolute atomic E-state index is 2.72. The van der Waals surface area contributed by atoms with E-state index in [4.69, 9.17) is 0 Å². The Hall–Kier alpha value is -3.98. The van der Waals surface area contributed by atoms with Gasteiger partial charge in [-0.15, -0.1) is 0 Å². The van der Waals surface area contributed by atoms with E-state index in [-0.39, 0.29) is 6.98 Å². The predicted molar refractivity (Wildman–Crippen MR) is 217 cm³/mol. The summed E-state index contributed by atoms with van der Waals surface area (Å²) in [6, 6.07) is 35.2. The SMILES string of the molecule is CC(C)c1cc(C(C)C)c(N2B(c3ccc4ccccc4c3)N(c3c(C(C)C)cc(C(C)C)cc3C(C)C)c3ccccc32)c(C(C)C)c1. The lowest BCUT2D eigenvalue weighted by atomic mass is 9.62. The quantitative estimate of drug-likeness (QED) is 0.147. The minimum Gasteiger partial charge on any atom is -0.359 e. The van der Waals surface area contributed by atoms with Crippen LogP contribution in [0, 0.1) is 0 Å². The topological polar surface area (TPSA) is 6.48 Å². The van der Waals surface area contributed by atoms with Gasteiger partial charge in [-0.2, -0.15) is 0 Å². The van der Waals surface area contributed by atoms with Crippen molar-refractivity contribution in [2.75, 3.05) is 9.62 Å². The van der Waals surface area contributed by atoms with Gasteiger partial charge in [-0.05, 0) is 97.3 Å². The Balaban J connectivity index is 1.77. The van der Waals surface area contributed by atoms with Crippen molar-refractivity contribution in [2.24, 2.45) is 0 Å². The van der Waals surface area contributed by atoms with Crippen LogP contribution in [0.1, 0.15) is 152 Å². The highest BCUT2D eigenvalue weighted by atomic mass is 15.3. The van der Waals surface area contributed by atoms with Gasteiger partial charge < -0.3 is 9.62 Å². The van der Waals surface area contributed by atoms with Gasteiger partial charge in [0.25, 0.3) is 0 Å². The molecule has 5 aromatic carbocycles. The van der Waals surface area contributed by atoms with Crippen molar-refractivity contribution in [3.05, 3.63) is 124 Å². The molecule has 0 aromatic heterocycles. The lowest BCUT2D eigenvalue weighted by Crippen LogP contribution is -2.54. The minimum atomic E-state index is -0.0678. The van der Waals surface area contributed by atoms with Gasteiger partial charge in [0.2, 0.25) is 0 Å². The molecule has 5 aromatic rings. The summed E-state index contributed by atoms with van der Waals surface area (Å²) in [6.45, 7) is 28.2. The highest BCUT2D eigenvalue weighted by Crippen LogP contribution is 2.53. The van der Waals surface area contributed by atoms with E-state index in [0.29, 0.717) is 35.5 Å². The first-order valence-corrected chi connectivity index (χ1v) is 18.8. The van der Waals surface area contributed by atoms with Crippen LogP contribution in [-0.2, 0) is 0 Å². The Kier molecular flexibility index (Phi) is 9.78. The number of hydrogen-bond acceptors (Lipinski definition) is 2. The van der Waals surface area contributed by atoms with Crippen LogP contribution in [0.2, 0.25) is 0 Å². The van der Waals surface area contributed by atoms with Crippen molar-refractivity contribution in [3.63, 3.8) is 0 Å². The van der Waals surface area contributed by atoms with E-state index < -0.39 is 0 Å². The van der Waals surface area contributed by atoms with Crippen LogP contribution in [0.15, 0.2) is 91.0 Å². The number of anilines is 4. The first-order chi connectivity index (χ1) is 23.3. The Bertz CT molecular complexity index is 1800. The Morgan fingerprint density at radius 2 is 0.755 bits per heavy atom. The van der Waals surface area contributed by atoms with E-state index in [2.05, 4.69) is 184 Å². The number of benzene rings is 5. The molecule has 0 saturated carbocycles. The van der Waals surface area contributed by atoms with Crippen LogP contribution >= 0.6 is 0 Å². The lowest BCUT2D eigenvalue weighted by Gasteiger charge is -2.37. The number of nitrogens with zero attached hydrogens (tertiary/aromatic N) is 2. The van der Waals surface area contributed by atoms with Gasteiger partial charge in [0.05, 0.1) is 11.4 Å². The summed E-state index contributed by atoms with van der Waals surface area (Å²) in [7, 11) is 0. The maximum Gasteiger partial charge on any atom is 0.420 e. The molecule has 1 heterocycles.